The van der Waals surface area contributed by atoms with E-state index < -0.39 is 0 Å². The predicted octanol–water partition coefficient (Wildman–Crippen LogP) is 3.85. The Morgan fingerprint density at radius 2 is 2.00 bits per heavy atom. The Morgan fingerprint density at radius 1 is 1.13 bits per heavy atom. The number of para-hydroxylation sites is 1. The van der Waals surface area contributed by atoms with Crippen molar-refractivity contribution >= 4 is 28.4 Å². The molecule has 0 unspecified atom stereocenters. The second kappa shape index (κ2) is 8.45. The first-order valence-electron chi connectivity index (χ1n) is 9.58. The highest BCUT2D eigenvalue weighted by Crippen LogP contribution is 2.18. The molecule has 1 amide bonds. The fourth-order valence-corrected chi connectivity index (χ4v) is 3.28. The van der Waals surface area contributed by atoms with E-state index >= 15 is 0 Å². The first kappa shape index (κ1) is 19.2. The number of aromatic nitrogens is 3. The summed E-state index contributed by atoms with van der Waals surface area (Å²) in [5, 5.41) is 16.2. The van der Waals surface area contributed by atoms with Crippen LogP contribution in [0.1, 0.15) is 27.3 Å². The minimum Gasteiger partial charge on any atom is -0.361 e. The van der Waals surface area contributed by atoms with Gasteiger partial charge in [0.2, 0.25) is 5.95 Å². The van der Waals surface area contributed by atoms with Gasteiger partial charge in [-0.3, -0.25) is 4.79 Å². The van der Waals surface area contributed by atoms with Crippen molar-refractivity contribution < 1.29 is 4.79 Å². The van der Waals surface area contributed by atoms with E-state index in [1.54, 1.807) is 31.2 Å². The zero-order chi connectivity index (χ0) is 20.9. The number of anilines is 2. The minimum atomic E-state index is -0.255. The molecule has 0 aliphatic carbocycles. The molecule has 0 spiro atoms. The summed E-state index contributed by atoms with van der Waals surface area (Å²) in [7, 11) is 0. The molecule has 7 heteroatoms. The molecule has 2 aromatic heterocycles. The molecule has 0 saturated heterocycles. The first-order valence-corrected chi connectivity index (χ1v) is 9.58. The Hall–Kier alpha value is -4.18. The summed E-state index contributed by atoms with van der Waals surface area (Å²) in [6, 6.07) is 18.8. The average molecular weight is 396 g/mol. The van der Waals surface area contributed by atoms with Crippen molar-refractivity contribution in [3.63, 3.8) is 0 Å². The number of hydrogen-bond acceptors (Lipinski definition) is 5. The Labute approximate surface area is 173 Å². The standard InChI is InChI=1S/C23H20N6O/c1-15-11-21(29-23(27-15)28-18-6-4-5-16(12-18)13-24)22(30)25-10-9-17-14-26-20-8-3-2-7-19(17)20/h2-8,11-12,14,26H,9-10H2,1H3,(H,25,30)(H,27,28,29). The van der Waals surface area contributed by atoms with E-state index in [4.69, 9.17) is 5.26 Å². The molecule has 2 aromatic carbocycles. The second-order valence-corrected chi connectivity index (χ2v) is 6.90. The lowest BCUT2D eigenvalue weighted by Gasteiger charge is -2.09. The van der Waals surface area contributed by atoms with Gasteiger partial charge < -0.3 is 15.6 Å². The van der Waals surface area contributed by atoms with Gasteiger partial charge in [-0.2, -0.15) is 5.26 Å². The molecule has 148 valence electrons. The van der Waals surface area contributed by atoms with E-state index in [1.807, 2.05) is 30.5 Å². The lowest BCUT2D eigenvalue weighted by Crippen LogP contribution is -2.27. The fraction of sp³-hybridized carbons (Fsp3) is 0.130. The van der Waals surface area contributed by atoms with E-state index in [2.05, 4.69) is 37.7 Å². The molecular weight excluding hydrogens is 376 g/mol. The number of fused-ring (bicyclic) bond motifs is 1. The highest BCUT2D eigenvalue weighted by molar-refractivity contribution is 5.92. The maximum absolute atomic E-state index is 12.6. The number of amides is 1. The average Bonchev–Trinajstić information content (AvgIpc) is 3.16. The van der Waals surface area contributed by atoms with Gasteiger partial charge in [-0.15, -0.1) is 0 Å². The molecule has 3 N–H and O–H groups in total. The number of carbonyl (C=O) groups excluding carboxylic acids is 1. The summed E-state index contributed by atoms with van der Waals surface area (Å²) >= 11 is 0. The van der Waals surface area contributed by atoms with Gasteiger partial charge in [0.25, 0.3) is 5.91 Å². The number of H-pyrrole nitrogens is 1. The molecule has 0 bridgehead atoms. The van der Waals surface area contributed by atoms with E-state index in [0.29, 0.717) is 41.6 Å². The van der Waals surface area contributed by atoms with Crippen molar-refractivity contribution in [2.45, 2.75) is 13.3 Å². The number of nitrogens with one attached hydrogen (secondary N) is 3. The van der Waals surface area contributed by atoms with Gasteiger partial charge in [0.1, 0.15) is 5.69 Å². The molecule has 30 heavy (non-hydrogen) atoms. The molecule has 0 atom stereocenters. The molecule has 0 fully saturated rings. The summed E-state index contributed by atoms with van der Waals surface area (Å²) in [6.45, 7) is 2.30. The number of aryl methyl sites for hydroxylation is 1. The van der Waals surface area contributed by atoms with E-state index in [1.165, 1.54) is 0 Å². The van der Waals surface area contributed by atoms with Crippen LogP contribution in [0.2, 0.25) is 0 Å². The van der Waals surface area contributed by atoms with Crippen molar-refractivity contribution in [3.05, 3.63) is 83.3 Å². The van der Waals surface area contributed by atoms with Crippen molar-refractivity contribution in [1.29, 1.82) is 5.26 Å². The first-order chi connectivity index (χ1) is 14.6. The number of nitriles is 1. The molecular formula is C23H20N6O. The number of carbonyl (C=O) groups is 1. The van der Waals surface area contributed by atoms with Crippen LogP contribution in [0, 0.1) is 18.3 Å². The zero-order valence-electron chi connectivity index (χ0n) is 16.4. The summed E-state index contributed by atoms with van der Waals surface area (Å²) in [5.41, 5.74) is 4.42. The van der Waals surface area contributed by atoms with E-state index in [-0.39, 0.29) is 5.91 Å². The number of hydrogen-bond donors (Lipinski definition) is 3. The van der Waals surface area contributed by atoms with Crippen LogP contribution in [0.25, 0.3) is 10.9 Å². The number of rotatable bonds is 6. The smallest absolute Gasteiger partial charge is 0.270 e. The van der Waals surface area contributed by atoms with Gasteiger partial charge >= 0.3 is 0 Å². The molecule has 0 aliphatic heterocycles. The predicted molar refractivity (Wildman–Crippen MR) is 116 cm³/mol. The van der Waals surface area contributed by atoms with Gasteiger partial charge in [-0.25, -0.2) is 9.97 Å². The summed E-state index contributed by atoms with van der Waals surface area (Å²) < 4.78 is 0. The van der Waals surface area contributed by atoms with Crippen molar-refractivity contribution in [3.8, 4) is 6.07 Å². The van der Waals surface area contributed by atoms with Crippen LogP contribution >= 0.6 is 0 Å². The Kier molecular flexibility index (Phi) is 5.39. The van der Waals surface area contributed by atoms with Gasteiger partial charge in [0.05, 0.1) is 11.6 Å². The van der Waals surface area contributed by atoms with Gasteiger partial charge in [0, 0.05) is 35.0 Å². The maximum atomic E-state index is 12.6. The molecule has 0 aliphatic rings. The van der Waals surface area contributed by atoms with Crippen molar-refractivity contribution in [2.24, 2.45) is 0 Å². The van der Waals surface area contributed by atoms with Crippen LogP contribution in [-0.2, 0) is 6.42 Å². The summed E-state index contributed by atoms with van der Waals surface area (Å²) in [4.78, 5) is 24.5. The summed E-state index contributed by atoms with van der Waals surface area (Å²) in [6.07, 6.45) is 2.69. The monoisotopic (exact) mass is 396 g/mol. The molecule has 2 heterocycles. The van der Waals surface area contributed by atoms with Gasteiger partial charge in [0.15, 0.2) is 0 Å². The molecule has 7 nitrogen and oxygen atoms in total. The maximum Gasteiger partial charge on any atom is 0.270 e. The highest BCUT2D eigenvalue weighted by atomic mass is 16.1. The highest BCUT2D eigenvalue weighted by Gasteiger charge is 2.11. The Morgan fingerprint density at radius 3 is 2.87 bits per heavy atom. The third-order valence-electron chi connectivity index (χ3n) is 4.69. The van der Waals surface area contributed by atoms with Gasteiger partial charge in [-0.1, -0.05) is 24.3 Å². The van der Waals surface area contributed by atoms with Crippen molar-refractivity contribution in [1.82, 2.24) is 20.3 Å². The Balaban J connectivity index is 1.43. The molecule has 0 radical (unpaired) electrons. The zero-order valence-corrected chi connectivity index (χ0v) is 16.4. The lowest BCUT2D eigenvalue weighted by molar-refractivity contribution is 0.0949. The third kappa shape index (κ3) is 4.28. The quantitative estimate of drug-likeness (QED) is 0.459. The SMILES string of the molecule is Cc1cc(C(=O)NCCc2c[nH]c3ccccc23)nc(Nc2cccc(C#N)c2)n1. The van der Waals surface area contributed by atoms with Crippen LogP contribution in [0.3, 0.4) is 0 Å². The minimum absolute atomic E-state index is 0.255. The molecule has 4 aromatic rings. The normalized spacial score (nSPS) is 10.5. The second-order valence-electron chi connectivity index (χ2n) is 6.90. The summed E-state index contributed by atoms with van der Waals surface area (Å²) in [5.74, 6) is 0.0565. The fourth-order valence-electron chi connectivity index (χ4n) is 3.28. The Bertz CT molecular complexity index is 1250. The number of benzene rings is 2. The number of aromatic amines is 1. The molecule has 4 rings (SSSR count). The van der Waals surface area contributed by atoms with Crippen LogP contribution in [0.5, 0.6) is 0 Å². The van der Waals surface area contributed by atoms with E-state index in [9.17, 15) is 4.79 Å². The van der Waals surface area contributed by atoms with Crippen LogP contribution in [-0.4, -0.2) is 27.4 Å². The van der Waals surface area contributed by atoms with Crippen LogP contribution in [0.4, 0.5) is 11.6 Å². The van der Waals surface area contributed by atoms with E-state index in [0.717, 1.165) is 16.5 Å². The number of nitrogens with zero attached hydrogens (tertiary/aromatic N) is 3. The van der Waals surface area contributed by atoms with Crippen LogP contribution < -0.4 is 10.6 Å². The lowest BCUT2D eigenvalue weighted by atomic mass is 10.1. The molecule has 0 saturated carbocycles. The topological polar surface area (TPSA) is 106 Å². The largest absolute Gasteiger partial charge is 0.361 e. The van der Waals surface area contributed by atoms with Crippen molar-refractivity contribution in [2.75, 3.05) is 11.9 Å². The van der Waals surface area contributed by atoms with Crippen LogP contribution in [0.15, 0.2) is 60.8 Å². The third-order valence-corrected chi connectivity index (χ3v) is 4.69. The van der Waals surface area contributed by atoms with Gasteiger partial charge in [-0.05, 0) is 49.2 Å².